The number of methoxy groups -OCH3 is 1. The summed E-state index contributed by atoms with van der Waals surface area (Å²) in [5.41, 5.74) is 2.42. The Balaban J connectivity index is 1.91. The number of hydrogen-bond donors (Lipinski definition) is 1. The molecule has 25 heavy (non-hydrogen) atoms. The van der Waals surface area contributed by atoms with E-state index in [1.165, 1.54) is 4.31 Å². The van der Waals surface area contributed by atoms with Gasteiger partial charge in [-0.3, -0.25) is 0 Å². The minimum Gasteiger partial charge on any atom is -0.497 e. The minimum absolute atomic E-state index is 0.286. The largest absolute Gasteiger partial charge is 0.497 e. The number of nitrogens with one attached hydrogen (secondary N) is 1. The summed E-state index contributed by atoms with van der Waals surface area (Å²) in [5.74, 6) is 0.743. The molecule has 0 atom stereocenters. The van der Waals surface area contributed by atoms with Crippen molar-refractivity contribution in [2.45, 2.75) is 11.4 Å². The number of sulfonamides is 1. The molecule has 0 radical (unpaired) electrons. The van der Waals surface area contributed by atoms with Crippen molar-refractivity contribution in [3.05, 3.63) is 72.6 Å². The second kappa shape index (κ2) is 7.13. The summed E-state index contributed by atoms with van der Waals surface area (Å²) in [5, 5.41) is 0. The van der Waals surface area contributed by atoms with Gasteiger partial charge in [-0.15, -0.1) is 0 Å². The molecule has 5 nitrogen and oxygen atoms in total. The van der Waals surface area contributed by atoms with Gasteiger partial charge in [0.1, 0.15) is 5.75 Å². The summed E-state index contributed by atoms with van der Waals surface area (Å²) in [4.78, 5) is 3.26. The summed E-state index contributed by atoms with van der Waals surface area (Å²) in [7, 11) is -0.430. The molecule has 0 aliphatic heterocycles. The van der Waals surface area contributed by atoms with Crippen molar-refractivity contribution < 1.29 is 13.2 Å². The quantitative estimate of drug-likeness (QED) is 0.735. The molecule has 1 heterocycles. The molecule has 0 bridgehead atoms. The first-order chi connectivity index (χ1) is 12.0. The van der Waals surface area contributed by atoms with Gasteiger partial charge in [-0.2, -0.15) is 4.31 Å². The monoisotopic (exact) mass is 356 g/mol. The van der Waals surface area contributed by atoms with Gasteiger partial charge in [-0.05, 0) is 29.8 Å². The first kappa shape index (κ1) is 17.3. The number of hydrogen-bond acceptors (Lipinski definition) is 3. The van der Waals surface area contributed by atoms with Gasteiger partial charge in [-0.1, -0.05) is 30.3 Å². The Bertz CT molecular complexity index is 933. The fraction of sp³-hybridized carbons (Fsp3) is 0.158. The lowest BCUT2D eigenvalue weighted by Gasteiger charge is -2.19. The summed E-state index contributed by atoms with van der Waals surface area (Å²) < 4.78 is 32.6. The highest BCUT2D eigenvalue weighted by molar-refractivity contribution is 7.89. The average Bonchev–Trinajstić information content (AvgIpc) is 3.17. The Morgan fingerprint density at radius 3 is 2.40 bits per heavy atom. The Morgan fingerprint density at radius 2 is 1.76 bits per heavy atom. The lowest BCUT2D eigenvalue weighted by molar-refractivity contribution is 0.414. The number of aromatic amines is 1. The smallest absolute Gasteiger partial charge is 0.243 e. The van der Waals surface area contributed by atoms with Crippen LogP contribution in [0.3, 0.4) is 0 Å². The zero-order chi connectivity index (χ0) is 17.9. The molecule has 0 spiro atoms. The minimum atomic E-state index is -3.62. The Hall–Kier alpha value is -2.57. The third kappa shape index (κ3) is 3.60. The number of ether oxygens (including phenoxy) is 1. The van der Waals surface area contributed by atoms with Crippen LogP contribution in [0.4, 0.5) is 0 Å². The van der Waals surface area contributed by atoms with Crippen LogP contribution in [0.2, 0.25) is 0 Å². The molecule has 1 aromatic heterocycles. The number of aromatic nitrogens is 1. The SMILES string of the molecule is COc1ccc(CN(C)S(=O)(=O)c2ccccc2-c2cc[nH]c2)cc1. The molecule has 130 valence electrons. The lowest BCUT2D eigenvalue weighted by atomic mass is 10.1. The lowest BCUT2D eigenvalue weighted by Crippen LogP contribution is -2.27. The second-order valence-corrected chi connectivity index (χ2v) is 7.72. The standard InChI is InChI=1S/C19H20N2O3S/c1-21(14-15-7-9-17(24-2)10-8-15)25(22,23)19-6-4-3-5-18(19)16-11-12-20-13-16/h3-13,20H,14H2,1-2H3. The van der Waals surface area contributed by atoms with Crippen LogP contribution in [0.1, 0.15) is 5.56 Å². The fourth-order valence-electron chi connectivity index (χ4n) is 2.66. The molecule has 0 unspecified atom stereocenters. The average molecular weight is 356 g/mol. The summed E-state index contributed by atoms with van der Waals surface area (Å²) in [6.45, 7) is 0.286. The van der Waals surface area contributed by atoms with Crippen LogP contribution in [0.15, 0.2) is 71.9 Å². The van der Waals surface area contributed by atoms with E-state index in [1.807, 2.05) is 42.5 Å². The molecule has 0 aliphatic carbocycles. The van der Waals surface area contributed by atoms with E-state index >= 15 is 0 Å². The zero-order valence-electron chi connectivity index (χ0n) is 14.1. The van der Waals surface area contributed by atoms with Crippen molar-refractivity contribution in [2.24, 2.45) is 0 Å². The fourth-order valence-corrected chi connectivity index (χ4v) is 4.03. The Labute approximate surface area is 147 Å². The molecule has 6 heteroatoms. The first-order valence-corrected chi connectivity index (χ1v) is 9.28. The third-order valence-corrected chi connectivity index (χ3v) is 5.91. The maximum atomic E-state index is 13.1. The van der Waals surface area contributed by atoms with Gasteiger partial charge in [0, 0.05) is 37.1 Å². The molecule has 2 aromatic carbocycles. The first-order valence-electron chi connectivity index (χ1n) is 7.84. The van der Waals surface area contributed by atoms with Crippen molar-refractivity contribution in [3.8, 4) is 16.9 Å². The third-order valence-electron chi connectivity index (χ3n) is 4.05. The van der Waals surface area contributed by atoms with Crippen LogP contribution in [0.5, 0.6) is 5.75 Å². The van der Waals surface area contributed by atoms with Crippen LogP contribution < -0.4 is 4.74 Å². The molecular formula is C19H20N2O3S. The van der Waals surface area contributed by atoms with E-state index < -0.39 is 10.0 Å². The van der Waals surface area contributed by atoms with Crippen molar-refractivity contribution >= 4 is 10.0 Å². The predicted octanol–water partition coefficient (Wildman–Crippen LogP) is 3.51. The molecule has 0 saturated carbocycles. The number of rotatable bonds is 6. The predicted molar refractivity (Wildman–Crippen MR) is 97.9 cm³/mol. The van der Waals surface area contributed by atoms with Gasteiger partial charge in [0.05, 0.1) is 12.0 Å². The number of benzene rings is 2. The highest BCUT2D eigenvalue weighted by Gasteiger charge is 2.24. The van der Waals surface area contributed by atoms with Gasteiger partial charge in [0.2, 0.25) is 10.0 Å². The van der Waals surface area contributed by atoms with E-state index in [2.05, 4.69) is 4.98 Å². The summed E-state index contributed by atoms with van der Waals surface area (Å²) in [6.07, 6.45) is 3.57. The van der Waals surface area contributed by atoms with Crippen LogP contribution in [-0.4, -0.2) is 31.9 Å². The zero-order valence-corrected chi connectivity index (χ0v) is 15.0. The van der Waals surface area contributed by atoms with Gasteiger partial charge < -0.3 is 9.72 Å². The van der Waals surface area contributed by atoms with E-state index in [1.54, 1.807) is 38.7 Å². The van der Waals surface area contributed by atoms with E-state index in [0.717, 1.165) is 16.9 Å². The van der Waals surface area contributed by atoms with E-state index in [0.29, 0.717) is 10.5 Å². The molecule has 0 aliphatic rings. The van der Waals surface area contributed by atoms with E-state index in [9.17, 15) is 8.42 Å². The van der Waals surface area contributed by atoms with Crippen molar-refractivity contribution in [2.75, 3.05) is 14.2 Å². The number of H-pyrrole nitrogens is 1. The molecule has 3 aromatic rings. The molecule has 0 amide bonds. The van der Waals surface area contributed by atoms with Crippen molar-refractivity contribution in [1.29, 1.82) is 0 Å². The molecule has 3 rings (SSSR count). The molecule has 0 saturated heterocycles. The summed E-state index contributed by atoms with van der Waals surface area (Å²) >= 11 is 0. The normalized spacial score (nSPS) is 11.6. The molecular weight excluding hydrogens is 336 g/mol. The van der Waals surface area contributed by atoms with Crippen LogP contribution in [0.25, 0.3) is 11.1 Å². The van der Waals surface area contributed by atoms with Crippen LogP contribution in [-0.2, 0) is 16.6 Å². The van der Waals surface area contributed by atoms with Crippen molar-refractivity contribution in [1.82, 2.24) is 9.29 Å². The molecule has 0 fully saturated rings. The molecule has 1 N–H and O–H groups in total. The van der Waals surface area contributed by atoms with Gasteiger partial charge in [0.25, 0.3) is 0 Å². The maximum absolute atomic E-state index is 13.1. The topological polar surface area (TPSA) is 62.4 Å². The van der Waals surface area contributed by atoms with Gasteiger partial charge >= 0.3 is 0 Å². The van der Waals surface area contributed by atoms with Crippen molar-refractivity contribution in [3.63, 3.8) is 0 Å². The Kier molecular flexibility index (Phi) is 4.92. The number of nitrogens with zero attached hydrogens (tertiary/aromatic N) is 1. The van der Waals surface area contributed by atoms with E-state index in [4.69, 9.17) is 4.74 Å². The van der Waals surface area contributed by atoms with Crippen LogP contribution in [0, 0.1) is 0 Å². The Morgan fingerprint density at radius 1 is 1.04 bits per heavy atom. The van der Waals surface area contributed by atoms with E-state index in [-0.39, 0.29) is 6.54 Å². The van der Waals surface area contributed by atoms with Crippen LogP contribution >= 0.6 is 0 Å². The highest BCUT2D eigenvalue weighted by Crippen LogP contribution is 2.29. The second-order valence-electron chi connectivity index (χ2n) is 5.70. The van der Waals surface area contributed by atoms with Gasteiger partial charge in [-0.25, -0.2) is 8.42 Å². The highest BCUT2D eigenvalue weighted by atomic mass is 32.2. The maximum Gasteiger partial charge on any atom is 0.243 e. The van der Waals surface area contributed by atoms with Gasteiger partial charge in [0.15, 0.2) is 0 Å². The summed E-state index contributed by atoms with van der Waals surface area (Å²) in [6, 6.07) is 16.3.